The maximum Gasteiger partial charge on any atom is 0.191 e. The van der Waals surface area contributed by atoms with E-state index in [1.165, 1.54) is 6.07 Å². The van der Waals surface area contributed by atoms with E-state index in [0.717, 1.165) is 25.3 Å². The standard InChI is InChI=1S/C19H20ClFN6/c1-23-19(25-11-14-5-4-13(10-22)9-17(14)21)26-15-6-8-27(12-15)18-16(20)3-2-7-24-18/h2-5,7,9,15H,6,8,11-12H2,1H3,(H2,23,25,26). The second kappa shape index (κ2) is 8.69. The smallest absolute Gasteiger partial charge is 0.191 e. The molecule has 0 spiro atoms. The number of hydrogen-bond acceptors (Lipinski definition) is 4. The van der Waals surface area contributed by atoms with Gasteiger partial charge in [0.1, 0.15) is 11.6 Å². The highest BCUT2D eigenvalue weighted by molar-refractivity contribution is 6.32. The number of nitrogens with zero attached hydrogens (tertiary/aromatic N) is 4. The third-order valence-electron chi connectivity index (χ3n) is 4.42. The van der Waals surface area contributed by atoms with Crippen molar-refractivity contribution in [3.63, 3.8) is 0 Å². The van der Waals surface area contributed by atoms with Gasteiger partial charge in [0, 0.05) is 44.5 Å². The van der Waals surface area contributed by atoms with Crippen LogP contribution in [0.4, 0.5) is 10.2 Å². The van der Waals surface area contributed by atoms with Gasteiger partial charge in [-0.25, -0.2) is 9.37 Å². The molecule has 3 rings (SSSR count). The summed E-state index contributed by atoms with van der Waals surface area (Å²) in [4.78, 5) is 10.7. The van der Waals surface area contributed by atoms with Gasteiger partial charge in [-0.2, -0.15) is 5.26 Å². The number of rotatable bonds is 4. The maximum atomic E-state index is 14.0. The summed E-state index contributed by atoms with van der Waals surface area (Å²) < 4.78 is 14.0. The first-order valence-corrected chi connectivity index (χ1v) is 8.99. The summed E-state index contributed by atoms with van der Waals surface area (Å²) in [7, 11) is 1.67. The molecule has 1 saturated heterocycles. The van der Waals surface area contributed by atoms with E-state index < -0.39 is 5.82 Å². The first kappa shape index (κ1) is 18.9. The molecule has 0 amide bonds. The van der Waals surface area contributed by atoms with Crippen LogP contribution < -0.4 is 15.5 Å². The third-order valence-corrected chi connectivity index (χ3v) is 4.71. The van der Waals surface area contributed by atoms with Crippen LogP contribution in [-0.2, 0) is 6.54 Å². The number of pyridine rings is 1. The van der Waals surface area contributed by atoms with Crippen LogP contribution in [0, 0.1) is 17.1 Å². The quantitative estimate of drug-likeness (QED) is 0.624. The zero-order valence-electron chi connectivity index (χ0n) is 14.9. The van der Waals surface area contributed by atoms with Gasteiger partial charge < -0.3 is 15.5 Å². The van der Waals surface area contributed by atoms with Crippen molar-refractivity contribution in [3.05, 3.63) is 58.5 Å². The van der Waals surface area contributed by atoms with Gasteiger partial charge in [-0.15, -0.1) is 0 Å². The Kier molecular flexibility index (Phi) is 6.09. The van der Waals surface area contributed by atoms with Crippen LogP contribution in [-0.4, -0.2) is 37.1 Å². The number of aliphatic imine (C=N–C) groups is 1. The molecule has 1 unspecified atom stereocenters. The second-order valence-corrected chi connectivity index (χ2v) is 6.64. The van der Waals surface area contributed by atoms with E-state index >= 15 is 0 Å². The number of aromatic nitrogens is 1. The Hall–Kier alpha value is -2.85. The number of nitrogens with one attached hydrogen (secondary N) is 2. The molecule has 2 heterocycles. The lowest BCUT2D eigenvalue weighted by Crippen LogP contribution is -2.44. The second-order valence-electron chi connectivity index (χ2n) is 6.23. The Labute approximate surface area is 162 Å². The fourth-order valence-electron chi connectivity index (χ4n) is 3.01. The number of hydrogen-bond donors (Lipinski definition) is 2. The van der Waals surface area contributed by atoms with Crippen LogP contribution in [0.5, 0.6) is 0 Å². The largest absolute Gasteiger partial charge is 0.353 e. The van der Waals surface area contributed by atoms with E-state index in [4.69, 9.17) is 16.9 Å². The minimum Gasteiger partial charge on any atom is -0.353 e. The number of halogens is 2. The van der Waals surface area contributed by atoms with E-state index in [1.54, 1.807) is 25.4 Å². The topological polar surface area (TPSA) is 76.3 Å². The molecule has 0 saturated carbocycles. The molecular weight excluding hydrogens is 367 g/mol. The Morgan fingerprint density at radius 2 is 2.33 bits per heavy atom. The zero-order chi connectivity index (χ0) is 19.2. The summed E-state index contributed by atoms with van der Waals surface area (Å²) in [6.07, 6.45) is 2.65. The van der Waals surface area contributed by atoms with Crippen LogP contribution in [0.15, 0.2) is 41.5 Å². The van der Waals surface area contributed by atoms with Crippen molar-refractivity contribution in [3.8, 4) is 6.07 Å². The van der Waals surface area contributed by atoms with Gasteiger partial charge in [-0.3, -0.25) is 4.99 Å². The number of benzene rings is 1. The molecule has 1 aromatic carbocycles. The average Bonchev–Trinajstić information content (AvgIpc) is 3.14. The fraction of sp³-hybridized carbons (Fsp3) is 0.316. The van der Waals surface area contributed by atoms with Gasteiger partial charge in [0.25, 0.3) is 0 Å². The molecule has 1 atom stereocenters. The zero-order valence-corrected chi connectivity index (χ0v) is 15.7. The molecule has 0 radical (unpaired) electrons. The lowest BCUT2D eigenvalue weighted by Gasteiger charge is -2.20. The lowest BCUT2D eigenvalue weighted by atomic mass is 10.1. The van der Waals surface area contributed by atoms with E-state index in [0.29, 0.717) is 22.1 Å². The summed E-state index contributed by atoms with van der Waals surface area (Å²) in [5.41, 5.74) is 0.781. The molecule has 1 aromatic heterocycles. The molecule has 140 valence electrons. The van der Waals surface area contributed by atoms with Gasteiger partial charge >= 0.3 is 0 Å². The highest BCUT2D eigenvalue weighted by Crippen LogP contribution is 2.25. The lowest BCUT2D eigenvalue weighted by molar-refractivity contribution is 0.600. The minimum atomic E-state index is -0.408. The molecule has 27 heavy (non-hydrogen) atoms. The van der Waals surface area contributed by atoms with Crippen LogP contribution >= 0.6 is 11.6 Å². The molecule has 6 nitrogen and oxygen atoms in total. The first-order valence-electron chi connectivity index (χ1n) is 8.62. The highest BCUT2D eigenvalue weighted by atomic mass is 35.5. The van der Waals surface area contributed by atoms with Crippen molar-refractivity contribution >= 4 is 23.4 Å². The fourth-order valence-corrected chi connectivity index (χ4v) is 3.25. The average molecular weight is 387 g/mol. The molecule has 1 aliphatic rings. The van der Waals surface area contributed by atoms with E-state index in [1.807, 2.05) is 18.2 Å². The van der Waals surface area contributed by atoms with Crippen molar-refractivity contribution < 1.29 is 4.39 Å². The Bertz CT molecular complexity index is 879. The van der Waals surface area contributed by atoms with Crippen molar-refractivity contribution in [2.75, 3.05) is 25.0 Å². The van der Waals surface area contributed by atoms with Crippen molar-refractivity contribution in [1.29, 1.82) is 5.26 Å². The number of guanidine groups is 1. The minimum absolute atomic E-state index is 0.181. The highest BCUT2D eigenvalue weighted by Gasteiger charge is 2.25. The summed E-state index contributed by atoms with van der Waals surface area (Å²) in [6.45, 7) is 1.87. The van der Waals surface area contributed by atoms with E-state index in [9.17, 15) is 4.39 Å². The van der Waals surface area contributed by atoms with Crippen molar-refractivity contribution in [1.82, 2.24) is 15.6 Å². The van der Waals surface area contributed by atoms with Crippen LogP contribution in [0.3, 0.4) is 0 Å². The van der Waals surface area contributed by atoms with Crippen LogP contribution in [0.25, 0.3) is 0 Å². The number of anilines is 1. The predicted molar refractivity (Wildman–Crippen MR) is 104 cm³/mol. The summed E-state index contributed by atoms with van der Waals surface area (Å²) in [5.74, 6) is 0.970. The molecule has 2 aromatic rings. The first-order chi connectivity index (χ1) is 13.1. The Balaban J connectivity index is 1.55. The number of nitriles is 1. The molecule has 0 aliphatic carbocycles. The van der Waals surface area contributed by atoms with Gasteiger partial charge in [0.05, 0.1) is 16.7 Å². The third kappa shape index (κ3) is 4.66. The molecule has 0 bridgehead atoms. The molecule has 1 aliphatic heterocycles. The molecule has 8 heteroatoms. The van der Waals surface area contributed by atoms with Gasteiger partial charge in [0.15, 0.2) is 5.96 Å². The Morgan fingerprint density at radius 1 is 1.48 bits per heavy atom. The Morgan fingerprint density at radius 3 is 3.04 bits per heavy atom. The van der Waals surface area contributed by atoms with Crippen LogP contribution in [0.2, 0.25) is 5.02 Å². The molecular formula is C19H20ClFN6. The normalized spacial score (nSPS) is 16.9. The van der Waals surface area contributed by atoms with Gasteiger partial charge in [-0.05, 0) is 30.7 Å². The monoisotopic (exact) mass is 386 g/mol. The van der Waals surface area contributed by atoms with Gasteiger partial charge in [-0.1, -0.05) is 17.7 Å². The summed E-state index contributed by atoms with van der Waals surface area (Å²) in [5, 5.41) is 15.9. The van der Waals surface area contributed by atoms with E-state index in [2.05, 4.69) is 25.5 Å². The van der Waals surface area contributed by atoms with Gasteiger partial charge in [0.2, 0.25) is 0 Å². The summed E-state index contributed by atoms with van der Waals surface area (Å²) >= 11 is 6.22. The maximum absolute atomic E-state index is 14.0. The van der Waals surface area contributed by atoms with Crippen molar-refractivity contribution in [2.45, 2.75) is 19.0 Å². The van der Waals surface area contributed by atoms with Crippen LogP contribution in [0.1, 0.15) is 17.5 Å². The van der Waals surface area contributed by atoms with E-state index in [-0.39, 0.29) is 12.6 Å². The SMILES string of the molecule is CN=C(NCc1ccc(C#N)cc1F)NC1CCN(c2ncccc2Cl)C1. The van der Waals surface area contributed by atoms with Crippen molar-refractivity contribution in [2.24, 2.45) is 4.99 Å². The molecule has 2 N–H and O–H groups in total. The predicted octanol–water partition coefficient (Wildman–Crippen LogP) is 2.69. The summed E-state index contributed by atoms with van der Waals surface area (Å²) in [6, 6.07) is 10.2. The molecule has 1 fully saturated rings.